The smallest absolute Gasteiger partial charge is 0.260 e. The van der Waals surface area contributed by atoms with Crippen molar-refractivity contribution in [1.29, 1.82) is 0 Å². The van der Waals surface area contributed by atoms with Gasteiger partial charge in [-0.15, -0.1) is 0 Å². The predicted octanol–water partition coefficient (Wildman–Crippen LogP) is 2.14. The topological polar surface area (TPSA) is 84.0 Å². The number of ether oxygens (including phenoxy) is 1. The molecule has 9 heteroatoms. The van der Waals surface area contributed by atoms with Crippen molar-refractivity contribution in [2.45, 2.75) is 37.4 Å². The number of halogens is 1. The van der Waals surface area contributed by atoms with Crippen molar-refractivity contribution in [2.24, 2.45) is 0 Å². The molecule has 0 spiro atoms. The number of carbonyl (C=O) groups excluding carboxylic acids is 2. The van der Waals surface area contributed by atoms with Crippen LogP contribution in [0.1, 0.15) is 32.1 Å². The normalized spacial score (nSPS) is 18.1. The van der Waals surface area contributed by atoms with Crippen molar-refractivity contribution in [1.82, 2.24) is 9.80 Å². The molecule has 0 N–H and O–H groups in total. The lowest BCUT2D eigenvalue weighted by Crippen LogP contribution is -2.51. The minimum Gasteiger partial charge on any atom is -0.484 e. The van der Waals surface area contributed by atoms with E-state index in [0.717, 1.165) is 25.7 Å². The number of amides is 2. The van der Waals surface area contributed by atoms with Crippen LogP contribution < -0.4 is 4.74 Å². The van der Waals surface area contributed by atoms with Crippen molar-refractivity contribution in [3.63, 3.8) is 0 Å². The van der Waals surface area contributed by atoms with E-state index in [1.165, 1.54) is 0 Å². The van der Waals surface area contributed by atoms with Crippen LogP contribution in [0, 0.1) is 0 Å². The number of sulfone groups is 1. The molecule has 0 bridgehead atoms. The van der Waals surface area contributed by atoms with Gasteiger partial charge in [-0.25, -0.2) is 8.42 Å². The molecule has 3 rings (SSSR count). The standard InChI is InChI=1S/C20H27ClN2O5S/c21-16-5-7-17(8-6-16)28-15-20(25)23-12-10-22(11-13-23)19(24)9-14-29(26,27)18-3-1-2-4-18/h5-8,18H,1-4,9-15H2. The van der Waals surface area contributed by atoms with Gasteiger partial charge in [0.05, 0.1) is 11.0 Å². The summed E-state index contributed by atoms with van der Waals surface area (Å²) in [4.78, 5) is 28.0. The fourth-order valence-electron chi connectivity index (χ4n) is 3.77. The molecular weight excluding hydrogens is 416 g/mol. The molecule has 2 amide bonds. The van der Waals surface area contributed by atoms with Gasteiger partial charge in [0.2, 0.25) is 5.91 Å². The van der Waals surface area contributed by atoms with Crippen molar-refractivity contribution in [3.05, 3.63) is 29.3 Å². The molecule has 29 heavy (non-hydrogen) atoms. The highest BCUT2D eigenvalue weighted by atomic mass is 35.5. The van der Waals surface area contributed by atoms with Crippen LogP contribution in [0.15, 0.2) is 24.3 Å². The Morgan fingerprint density at radius 3 is 2.10 bits per heavy atom. The molecule has 1 aliphatic heterocycles. The first-order valence-electron chi connectivity index (χ1n) is 10.0. The van der Waals surface area contributed by atoms with E-state index in [1.54, 1.807) is 34.1 Å². The average molecular weight is 443 g/mol. The third kappa shape index (κ3) is 6.09. The summed E-state index contributed by atoms with van der Waals surface area (Å²) in [6.07, 6.45) is 3.36. The molecular formula is C20H27ClN2O5S. The molecule has 0 atom stereocenters. The fraction of sp³-hybridized carbons (Fsp3) is 0.600. The second kappa shape index (κ2) is 9.80. The molecule has 1 aromatic rings. The number of hydrogen-bond donors (Lipinski definition) is 0. The molecule has 1 saturated heterocycles. The molecule has 2 fully saturated rings. The van der Waals surface area contributed by atoms with Crippen LogP contribution in [0.3, 0.4) is 0 Å². The van der Waals surface area contributed by atoms with Gasteiger partial charge in [0.25, 0.3) is 5.91 Å². The largest absolute Gasteiger partial charge is 0.484 e. The van der Waals surface area contributed by atoms with Crippen LogP contribution >= 0.6 is 11.6 Å². The van der Waals surface area contributed by atoms with Crippen molar-refractivity contribution >= 4 is 33.3 Å². The van der Waals surface area contributed by atoms with E-state index in [9.17, 15) is 18.0 Å². The number of carbonyl (C=O) groups is 2. The Balaban J connectivity index is 1.39. The highest BCUT2D eigenvalue weighted by Gasteiger charge is 2.30. The zero-order valence-corrected chi connectivity index (χ0v) is 18.0. The van der Waals surface area contributed by atoms with Crippen LogP contribution in [-0.4, -0.2) is 73.8 Å². The van der Waals surface area contributed by atoms with E-state index >= 15 is 0 Å². The monoisotopic (exact) mass is 442 g/mol. The highest BCUT2D eigenvalue weighted by Crippen LogP contribution is 2.25. The number of rotatable bonds is 7. The summed E-state index contributed by atoms with van der Waals surface area (Å²) >= 11 is 5.82. The number of piperazine rings is 1. The lowest BCUT2D eigenvalue weighted by Gasteiger charge is -2.34. The molecule has 0 radical (unpaired) electrons. The summed E-state index contributed by atoms with van der Waals surface area (Å²) in [5.41, 5.74) is 0. The van der Waals surface area contributed by atoms with E-state index in [2.05, 4.69) is 0 Å². The molecule has 2 aliphatic rings. The zero-order chi connectivity index (χ0) is 20.9. The Labute approximate surface area is 176 Å². The van der Waals surface area contributed by atoms with E-state index in [-0.39, 0.29) is 35.8 Å². The van der Waals surface area contributed by atoms with Crippen LogP contribution in [0.2, 0.25) is 5.02 Å². The Morgan fingerprint density at radius 1 is 0.966 bits per heavy atom. The maximum atomic E-state index is 12.4. The summed E-state index contributed by atoms with van der Waals surface area (Å²) in [6, 6.07) is 6.79. The first-order valence-corrected chi connectivity index (χ1v) is 12.1. The number of hydrogen-bond acceptors (Lipinski definition) is 5. The lowest BCUT2D eigenvalue weighted by atomic mass is 10.3. The van der Waals surface area contributed by atoms with E-state index in [4.69, 9.17) is 16.3 Å². The van der Waals surface area contributed by atoms with Gasteiger partial charge < -0.3 is 14.5 Å². The Bertz CT molecular complexity index is 814. The van der Waals surface area contributed by atoms with E-state index < -0.39 is 9.84 Å². The third-order valence-electron chi connectivity index (χ3n) is 5.57. The van der Waals surface area contributed by atoms with Crippen molar-refractivity contribution in [2.75, 3.05) is 38.5 Å². The van der Waals surface area contributed by atoms with Gasteiger partial charge in [-0.2, -0.15) is 0 Å². The average Bonchev–Trinajstić information content (AvgIpc) is 3.27. The SMILES string of the molecule is O=C(CCS(=O)(=O)C1CCCC1)N1CCN(C(=O)COc2ccc(Cl)cc2)CC1. The molecule has 1 heterocycles. The second-order valence-corrected chi connectivity index (χ2v) is 10.4. The van der Waals surface area contributed by atoms with Gasteiger partial charge in [-0.3, -0.25) is 9.59 Å². The maximum absolute atomic E-state index is 12.4. The van der Waals surface area contributed by atoms with E-state index in [0.29, 0.717) is 37.0 Å². The molecule has 7 nitrogen and oxygen atoms in total. The summed E-state index contributed by atoms with van der Waals surface area (Å²) in [5.74, 6) is 0.192. The molecule has 1 saturated carbocycles. The van der Waals surface area contributed by atoms with Crippen molar-refractivity contribution < 1.29 is 22.7 Å². The van der Waals surface area contributed by atoms with Gasteiger partial charge in [0, 0.05) is 37.6 Å². The van der Waals surface area contributed by atoms with Gasteiger partial charge in [-0.1, -0.05) is 24.4 Å². The van der Waals surface area contributed by atoms with E-state index in [1.807, 2.05) is 0 Å². The summed E-state index contributed by atoms with van der Waals surface area (Å²) < 4.78 is 30.1. The summed E-state index contributed by atoms with van der Waals surface area (Å²) in [5, 5.41) is 0.325. The lowest BCUT2D eigenvalue weighted by molar-refractivity contribution is -0.140. The Hall–Kier alpha value is -1.80. The quantitative estimate of drug-likeness (QED) is 0.646. The molecule has 0 aromatic heterocycles. The molecule has 1 aromatic carbocycles. The maximum Gasteiger partial charge on any atom is 0.260 e. The second-order valence-electron chi connectivity index (χ2n) is 7.53. The first-order chi connectivity index (χ1) is 13.8. The molecule has 0 unspecified atom stereocenters. The number of benzene rings is 1. The van der Waals surface area contributed by atoms with Gasteiger partial charge >= 0.3 is 0 Å². The van der Waals surface area contributed by atoms with Crippen LogP contribution in [0.4, 0.5) is 0 Å². The van der Waals surface area contributed by atoms with Gasteiger partial charge in [0.1, 0.15) is 5.75 Å². The first kappa shape index (κ1) is 21.9. The summed E-state index contributed by atoms with van der Waals surface area (Å²) in [6.45, 7) is 1.59. The Morgan fingerprint density at radius 2 is 1.52 bits per heavy atom. The van der Waals surface area contributed by atoms with Gasteiger partial charge in [0.15, 0.2) is 16.4 Å². The van der Waals surface area contributed by atoms with Crippen LogP contribution in [0.5, 0.6) is 5.75 Å². The van der Waals surface area contributed by atoms with Crippen LogP contribution in [0.25, 0.3) is 0 Å². The van der Waals surface area contributed by atoms with Gasteiger partial charge in [-0.05, 0) is 37.1 Å². The Kier molecular flexibility index (Phi) is 7.40. The molecule has 1 aliphatic carbocycles. The van der Waals surface area contributed by atoms with Crippen LogP contribution in [-0.2, 0) is 19.4 Å². The minimum absolute atomic E-state index is 0.0203. The predicted molar refractivity (Wildman–Crippen MR) is 111 cm³/mol. The fourth-order valence-corrected chi connectivity index (χ4v) is 5.74. The number of nitrogens with zero attached hydrogens (tertiary/aromatic N) is 2. The molecule has 160 valence electrons. The van der Waals surface area contributed by atoms with Crippen molar-refractivity contribution in [3.8, 4) is 5.75 Å². The summed E-state index contributed by atoms with van der Waals surface area (Å²) in [7, 11) is -3.19. The highest BCUT2D eigenvalue weighted by molar-refractivity contribution is 7.92. The third-order valence-corrected chi connectivity index (χ3v) is 8.08. The zero-order valence-electron chi connectivity index (χ0n) is 16.4. The minimum atomic E-state index is -3.19.